The van der Waals surface area contributed by atoms with E-state index < -0.39 is 0 Å². The molecular formula is C67H69NO7. The lowest BCUT2D eigenvalue weighted by molar-refractivity contribution is -0.106. The highest BCUT2D eigenvalue weighted by Gasteiger charge is 2.32. The number of ether oxygens (including phenoxy) is 6. The van der Waals surface area contributed by atoms with Crippen LogP contribution in [0.5, 0.6) is 23.0 Å². The Morgan fingerprint density at radius 1 is 0.520 bits per heavy atom. The van der Waals surface area contributed by atoms with E-state index >= 15 is 0 Å². The predicted molar refractivity (Wildman–Crippen MR) is 299 cm³/mol. The maximum atomic E-state index is 9.00. The van der Waals surface area contributed by atoms with Gasteiger partial charge >= 0.3 is 0 Å². The van der Waals surface area contributed by atoms with E-state index in [4.69, 9.17) is 33.5 Å². The summed E-state index contributed by atoms with van der Waals surface area (Å²) in [4.78, 5) is 2.46. The van der Waals surface area contributed by atoms with E-state index in [-0.39, 0.29) is 31.4 Å². The molecule has 0 bridgehead atoms. The van der Waals surface area contributed by atoms with Gasteiger partial charge in [0.05, 0.1) is 19.8 Å². The van der Waals surface area contributed by atoms with Crippen molar-refractivity contribution in [3.8, 4) is 46.7 Å². The molecule has 384 valence electrons. The highest BCUT2D eigenvalue weighted by molar-refractivity contribution is 5.97. The van der Waals surface area contributed by atoms with E-state index in [0.29, 0.717) is 0 Å². The average Bonchev–Trinajstić information content (AvgIpc) is 3.45. The number of likely N-dealkylation sites (tertiary alicyclic amines) is 1. The van der Waals surface area contributed by atoms with Crippen molar-refractivity contribution < 1.29 is 33.5 Å². The van der Waals surface area contributed by atoms with Crippen molar-refractivity contribution in [2.45, 2.75) is 110 Å². The fraction of sp³-hybridized carbons (Fsp3) is 0.343. The third-order valence-corrected chi connectivity index (χ3v) is 14.7. The minimum atomic E-state index is -0.272. The lowest BCUT2D eigenvalue weighted by atomic mass is 9.85. The molecule has 4 unspecified atom stereocenters. The number of benzene rings is 6. The van der Waals surface area contributed by atoms with Crippen LogP contribution in [0, 0.1) is 37.5 Å². The molecule has 8 nitrogen and oxygen atoms in total. The maximum absolute atomic E-state index is 9.00. The highest BCUT2D eigenvalue weighted by Crippen LogP contribution is 2.49. The fourth-order valence-electron chi connectivity index (χ4n) is 10.7. The molecule has 6 aromatic carbocycles. The number of rotatable bonds is 9. The first-order valence-electron chi connectivity index (χ1n) is 27.0. The normalized spacial score (nSPS) is 20.3. The molecule has 0 aromatic heterocycles. The largest absolute Gasteiger partial charge is 0.480 e. The number of aliphatic hydroxyl groups excluding tert-OH is 1. The molecular weight excluding hydrogens is 931 g/mol. The molecule has 4 atom stereocenters. The number of piperidine rings is 1. The molecule has 8 heteroatoms. The summed E-state index contributed by atoms with van der Waals surface area (Å²) in [5.41, 5.74) is 15.6. The van der Waals surface area contributed by atoms with E-state index in [1.807, 2.05) is 30.3 Å². The second kappa shape index (κ2) is 24.5. The Balaban J connectivity index is 0.000000173. The van der Waals surface area contributed by atoms with Crippen LogP contribution in [0.2, 0.25) is 0 Å². The summed E-state index contributed by atoms with van der Waals surface area (Å²) in [7, 11) is 0. The zero-order valence-corrected chi connectivity index (χ0v) is 44.0. The van der Waals surface area contributed by atoms with Crippen LogP contribution in [0.3, 0.4) is 0 Å². The number of nitrogens with zero attached hydrogens (tertiary/aromatic N) is 1. The molecule has 11 rings (SSSR count). The minimum Gasteiger partial charge on any atom is -0.480 e. The Hall–Kier alpha value is -7.04. The molecule has 0 saturated carbocycles. The van der Waals surface area contributed by atoms with Crippen molar-refractivity contribution in [3.05, 3.63) is 189 Å². The van der Waals surface area contributed by atoms with E-state index in [1.54, 1.807) is 0 Å². The van der Waals surface area contributed by atoms with Gasteiger partial charge in [-0.15, -0.1) is 0 Å². The van der Waals surface area contributed by atoms with Gasteiger partial charge in [-0.1, -0.05) is 102 Å². The molecule has 0 radical (unpaired) electrons. The number of hydrogen-bond donors (Lipinski definition) is 1. The molecule has 75 heavy (non-hydrogen) atoms. The summed E-state index contributed by atoms with van der Waals surface area (Å²) in [5, 5.41) is 9.00. The second-order valence-corrected chi connectivity index (χ2v) is 20.3. The Morgan fingerprint density at radius 3 is 1.45 bits per heavy atom. The summed E-state index contributed by atoms with van der Waals surface area (Å²) < 4.78 is 37.4. The van der Waals surface area contributed by atoms with Crippen molar-refractivity contribution in [1.29, 1.82) is 0 Å². The third-order valence-electron chi connectivity index (χ3n) is 14.7. The smallest absolute Gasteiger partial charge is 0.199 e. The number of aliphatic hydroxyl groups is 1. The first-order chi connectivity index (χ1) is 36.8. The molecule has 0 aliphatic carbocycles. The van der Waals surface area contributed by atoms with Gasteiger partial charge in [0.1, 0.15) is 41.8 Å². The van der Waals surface area contributed by atoms with Crippen molar-refractivity contribution in [2.75, 3.05) is 39.5 Å². The molecule has 0 spiro atoms. The van der Waals surface area contributed by atoms with E-state index in [1.165, 1.54) is 54.6 Å². The van der Waals surface area contributed by atoms with Gasteiger partial charge < -0.3 is 33.5 Å². The standard InChI is InChI=1S/C36H39NO3.C31H30O4/c1-26-14-19-33-32(24-26)27(2)35(30-11-8-12-31(25-30)39-34-13-4-7-23-38-34)36(40-33)29-17-15-28(16-18-29)10-9-22-37-20-5-3-6-21-37;1-21-11-16-28-27(19-21)22(2)30(31(35-28)24-14-12-23(13-15-24)7-6-17-32)25-8-5-9-26(20-25)34-29-10-3-4-18-33-29/h8,11-12,14-19,24-25,34,36H,3-7,13,20-23H2,1-2H3;5,8-9,11-16,19-20,29,31-32H,3-4,10,17-18H2,1-2H3. The lowest BCUT2D eigenvalue weighted by Crippen LogP contribution is -2.29. The molecule has 0 amide bonds. The third kappa shape index (κ3) is 12.7. The maximum Gasteiger partial charge on any atom is 0.199 e. The van der Waals surface area contributed by atoms with Gasteiger partial charge in [0.15, 0.2) is 12.6 Å². The Bertz CT molecular complexity index is 3130. The van der Waals surface area contributed by atoms with Crippen LogP contribution >= 0.6 is 0 Å². The van der Waals surface area contributed by atoms with Crippen LogP contribution < -0.4 is 18.9 Å². The Morgan fingerprint density at radius 2 is 1.00 bits per heavy atom. The predicted octanol–water partition coefficient (Wildman–Crippen LogP) is 14.1. The van der Waals surface area contributed by atoms with E-state index in [9.17, 15) is 0 Å². The topological polar surface area (TPSA) is 78.9 Å². The van der Waals surface area contributed by atoms with Gasteiger partial charge in [0.25, 0.3) is 0 Å². The second-order valence-electron chi connectivity index (χ2n) is 20.3. The van der Waals surface area contributed by atoms with Gasteiger partial charge in [-0.25, -0.2) is 0 Å². The SMILES string of the molecule is CC1=C(c2cccc(OC3CCCCO3)c2)C(c2ccc(C#CCN3CCCCC3)cc2)Oc2ccc(C)cc21.CC1=C(c2cccc(OC3CCCCO3)c2)C(c2ccc(C#CCO)cc2)Oc2ccc(C)cc21. The van der Waals surface area contributed by atoms with Crippen molar-refractivity contribution in [3.63, 3.8) is 0 Å². The van der Waals surface area contributed by atoms with Gasteiger partial charge in [-0.05, 0) is 186 Å². The highest BCUT2D eigenvalue weighted by atomic mass is 16.7. The molecule has 6 aromatic rings. The van der Waals surface area contributed by atoms with Crippen molar-refractivity contribution in [1.82, 2.24) is 4.90 Å². The fourth-order valence-corrected chi connectivity index (χ4v) is 10.7. The number of aryl methyl sites for hydroxylation is 2. The van der Waals surface area contributed by atoms with E-state index in [2.05, 4.69) is 159 Å². The first kappa shape index (κ1) is 51.4. The van der Waals surface area contributed by atoms with Gasteiger partial charge in [-0.2, -0.15) is 0 Å². The molecule has 5 aliphatic heterocycles. The average molecular weight is 1000 g/mol. The minimum absolute atomic E-state index is 0.153. The monoisotopic (exact) mass is 1000 g/mol. The number of hydrogen-bond acceptors (Lipinski definition) is 8. The van der Waals surface area contributed by atoms with Crippen LogP contribution in [-0.4, -0.2) is 62.0 Å². The summed E-state index contributed by atoms with van der Waals surface area (Å²) >= 11 is 0. The first-order valence-corrected chi connectivity index (χ1v) is 27.0. The summed E-state index contributed by atoms with van der Waals surface area (Å²) in [6.45, 7) is 13.2. The zero-order valence-electron chi connectivity index (χ0n) is 44.0. The Labute approximate surface area is 444 Å². The van der Waals surface area contributed by atoms with Gasteiger partial charge in [-0.3, -0.25) is 4.90 Å². The molecule has 3 fully saturated rings. The van der Waals surface area contributed by atoms with Gasteiger partial charge in [0.2, 0.25) is 0 Å². The molecule has 3 saturated heterocycles. The lowest BCUT2D eigenvalue weighted by Gasteiger charge is -2.31. The summed E-state index contributed by atoms with van der Waals surface area (Å²) in [5.74, 6) is 15.9. The summed E-state index contributed by atoms with van der Waals surface area (Å²) in [6, 6.07) is 46.0. The summed E-state index contributed by atoms with van der Waals surface area (Å²) in [6.07, 6.45) is 9.36. The van der Waals surface area contributed by atoms with Crippen LogP contribution in [0.4, 0.5) is 0 Å². The molecule has 5 heterocycles. The van der Waals surface area contributed by atoms with E-state index in [0.717, 1.165) is 137 Å². The Kier molecular flexibility index (Phi) is 16.8. The number of allylic oxidation sites excluding steroid dienone is 2. The zero-order chi connectivity index (χ0) is 51.5. The van der Waals surface area contributed by atoms with Crippen LogP contribution in [0.25, 0.3) is 22.3 Å². The molecule has 1 N–H and O–H groups in total. The van der Waals surface area contributed by atoms with Gasteiger partial charge in [0, 0.05) is 46.2 Å². The number of fused-ring (bicyclic) bond motifs is 2. The van der Waals surface area contributed by atoms with Crippen LogP contribution in [0.1, 0.15) is 139 Å². The van der Waals surface area contributed by atoms with Crippen molar-refractivity contribution in [2.24, 2.45) is 0 Å². The van der Waals surface area contributed by atoms with Crippen molar-refractivity contribution >= 4 is 22.3 Å². The molecule has 5 aliphatic rings. The quantitative estimate of drug-likeness (QED) is 0.144. The van der Waals surface area contributed by atoms with Crippen LogP contribution in [0.15, 0.2) is 133 Å². The van der Waals surface area contributed by atoms with Crippen LogP contribution in [-0.2, 0) is 9.47 Å².